The number of carbonyl (C=O) groups excluding carboxylic acids is 1. The maximum absolute atomic E-state index is 13.1. The van der Waals surface area contributed by atoms with E-state index in [-0.39, 0.29) is 11.9 Å². The van der Waals surface area contributed by atoms with Gasteiger partial charge in [0.05, 0.1) is 32.9 Å². The fourth-order valence-electron chi connectivity index (χ4n) is 4.44. The molecule has 1 amide bonds. The Hall–Kier alpha value is -2.53. The molecule has 4 rings (SSSR count). The highest BCUT2D eigenvalue weighted by molar-refractivity contribution is 6.08. The number of methoxy groups -OCH3 is 1. The molecule has 5 nitrogen and oxygen atoms in total. The normalized spacial score (nSPS) is 16.6. The van der Waals surface area contributed by atoms with E-state index in [1.54, 1.807) is 7.11 Å². The fourth-order valence-corrected chi connectivity index (χ4v) is 4.44. The first-order valence-corrected chi connectivity index (χ1v) is 10.1. The highest BCUT2D eigenvalue weighted by Crippen LogP contribution is 2.37. The Morgan fingerprint density at radius 1 is 1.14 bits per heavy atom. The Bertz CT molecular complexity index is 1020. The third kappa shape index (κ3) is 3.14. The number of ether oxygens (including phenoxy) is 1. The van der Waals surface area contributed by atoms with Crippen molar-refractivity contribution in [2.24, 2.45) is 0 Å². The summed E-state index contributed by atoms with van der Waals surface area (Å²) < 4.78 is 12.3. The van der Waals surface area contributed by atoms with E-state index in [1.165, 1.54) is 25.7 Å². The number of anilines is 1. The van der Waals surface area contributed by atoms with Crippen molar-refractivity contribution in [2.75, 3.05) is 26.5 Å². The number of nitrogens with one attached hydrogen (secondary N) is 1. The zero-order valence-electron chi connectivity index (χ0n) is 17.1. The first kappa shape index (κ1) is 18.8. The van der Waals surface area contributed by atoms with Crippen LogP contribution in [0.4, 0.5) is 5.69 Å². The van der Waals surface area contributed by atoms with Crippen molar-refractivity contribution < 1.29 is 18.4 Å². The van der Waals surface area contributed by atoms with E-state index < -0.39 is 0 Å². The van der Waals surface area contributed by atoms with Gasteiger partial charge in [-0.2, -0.15) is 0 Å². The van der Waals surface area contributed by atoms with Crippen molar-refractivity contribution in [1.29, 1.82) is 0 Å². The monoisotopic (exact) mass is 381 g/mol. The Balaban J connectivity index is 1.64. The molecular weight excluding hydrogens is 352 g/mol. The summed E-state index contributed by atoms with van der Waals surface area (Å²) >= 11 is 0. The first-order valence-electron chi connectivity index (χ1n) is 10.1. The summed E-state index contributed by atoms with van der Waals surface area (Å²) in [6, 6.07) is 12.1. The second kappa shape index (κ2) is 7.13. The number of quaternary nitrogens is 1. The van der Waals surface area contributed by atoms with Gasteiger partial charge in [0.15, 0.2) is 6.04 Å². The van der Waals surface area contributed by atoms with Crippen LogP contribution in [-0.4, -0.2) is 43.7 Å². The lowest BCUT2D eigenvalue weighted by molar-refractivity contribution is -0.927. The third-order valence-corrected chi connectivity index (χ3v) is 6.60. The number of rotatable bonds is 5. The van der Waals surface area contributed by atoms with Gasteiger partial charge in [0.1, 0.15) is 16.9 Å². The van der Waals surface area contributed by atoms with Crippen LogP contribution in [0.1, 0.15) is 32.6 Å². The van der Waals surface area contributed by atoms with E-state index >= 15 is 0 Å². The molecule has 0 spiro atoms. The average molecular weight is 381 g/mol. The number of hydrogen-bond acceptors (Lipinski definition) is 3. The summed E-state index contributed by atoms with van der Waals surface area (Å²) in [6.45, 7) is 2.01. The maximum atomic E-state index is 13.1. The highest BCUT2D eigenvalue weighted by Gasteiger charge is 2.39. The van der Waals surface area contributed by atoms with Crippen LogP contribution in [0.5, 0.6) is 5.75 Å². The van der Waals surface area contributed by atoms with E-state index in [1.807, 2.05) is 43.3 Å². The molecule has 1 aliphatic carbocycles. The molecular formula is C23H29N2O3+. The average Bonchev–Trinajstić information content (AvgIpc) is 3.34. The number of nitrogens with zero attached hydrogens (tertiary/aromatic N) is 1. The zero-order valence-corrected chi connectivity index (χ0v) is 17.1. The number of amides is 1. The molecule has 5 heteroatoms. The van der Waals surface area contributed by atoms with Crippen molar-refractivity contribution in [3.63, 3.8) is 0 Å². The van der Waals surface area contributed by atoms with Gasteiger partial charge in [-0.05, 0) is 44.7 Å². The quantitative estimate of drug-likeness (QED) is 0.637. The molecule has 3 aromatic rings. The van der Waals surface area contributed by atoms with Crippen LogP contribution in [0.2, 0.25) is 0 Å². The largest absolute Gasteiger partial charge is 0.495 e. The van der Waals surface area contributed by atoms with E-state index in [4.69, 9.17) is 9.15 Å². The van der Waals surface area contributed by atoms with Crippen molar-refractivity contribution in [3.8, 4) is 5.75 Å². The molecule has 1 heterocycles. The lowest BCUT2D eigenvalue weighted by atomic mass is 10.1. The summed E-state index contributed by atoms with van der Waals surface area (Å²) in [4.78, 5) is 13.1. The molecule has 28 heavy (non-hydrogen) atoms. The molecule has 0 radical (unpaired) electrons. The highest BCUT2D eigenvalue weighted by atomic mass is 16.5. The van der Waals surface area contributed by atoms with Gasteiger partial charge in [-0.3, -0.25) is 4.79 Å². The summed E-state index contributed by atoms with van der Waals surface area (Å²) in [7, 11) is 5.96. The van der Waals surface area contributed by atoms with Crippen LogP contribution in [-0.2, 0) is 4.79 Å². The Labute approximate surface area is 165 Å². The van der Waals surface area contributed by atoms with Crippen molar-refractivity contribution in [3.05, 3.63) is 36.4 Å². The third-order valence-electron chi connectivity index (χ3n) is 6.60. The number of para-hydroxylation sites is 1. The van der Waals surface area contributed by atoms with Crippen molar-refractivity contribution in [1.82, 2.24) is 0 Å². The first-order chi connectivity index (χ1) is 13.4. The molecule has 0 bridgehead atoms. The fraction of sp³-hybridized carbons (Fsp3) is 0.435. The van der Waals surface area contributed by atoms with Crippen molar-refractivity contribution in [2.45, 2.75) is 44.7 Å². The molecule has 1 saturated carbocycles. The molecule has 1 N–H and O–H groups in total. The summed E-state index contributed by atoms with van der Waals surface area (Å²) in [5.74, 6) is 0.649. The number of furan rings is 1. The Morgan fingerprint density at radius 2 is 1.86 bits per heavy atom. The number of carbonyl (C=O) groups is 1. The summed E-state index contributed by atoms with van der Waals surface area (Å²) in [6.07, 6.45) is 4.91. The smallest absolute Gasteiger partial charge is 0.282 e. The van der Waals surface area contributed by atoms with E-state index in [0.29, 0.717) is 22.0 Å². The summed E-state index contributed by atoms with van der Waals surface area (Å²) in [5, 5.41) is 5.12. The molecule has 0 saturated heterocycles. The van der Waals surface area contributed by atoms with E-state index in [2.05, 4.69) is 19.4 Å². The van der Waals surface area contributed by atoms with Gasteiger partial charge in [0, 0.05) is 16.8 Å². The SMILES string of the molecule is COc1cc2c(cc1NC(=O)[C@@H](C)[N+](C)(C)C1CCCC1)oc1ccccc12. The predicted octanol–water partition coefficient (Wildman–Crippen LogP) is 4.94. The van der Waals surface area contributed by atoms with Gasteiger partial charge in [0.2, 0.25) is 0 Å². The molecule has 2 aromatic carbocycles. The molecule has 1 fully saturated rings. The predicted molar refractivity (Wildman–Crippen MR) is 113 cm³/mol. The van der Waals surface area contributed by atoms with Gasteiger partial charge < -0.3 is 19.0 Å². The van der Waals surface area contributed by atoms with Crippen LogP contribution in [0, 0.1) is 0 Å². The molecule has 148 valence electrons. The maximum Gasteiger partial charge on any atom is 0.282 e. The molecule has 1 atom stereocenters. The second-order valence-corrected chi connectivity index (χ2v) is 8.38. The number of likely N-dealkylation sites (N-methyl/N-ethyl adjacent to an activating group) is 1. The van der Waals surface area contributed by atoms with Gasteiger partial charge in [-0.15, -0.1) is 0 Å². The van der Waals surface area contributed by atoms with Crippen LogP contribution < -0.4 is 10.1 Å². The number of fused-ring (bicyclic) bond motifs is 3. The minimum absolute atomic E-state index is 0.00524. The van der Waals surface area contributed by atoms with Gasteiger partial charge in [-0.1, -0.05) is 18.2 Å². The Kier molecular flexibility index (Phi) is 4.79. The number of benzene rings is 2. The Morgan fingerprint density at radius 3 is 2.57 bits per heavy atom. The van der Waals surface area contributed by atoms with Gasteiger partial charge >= 0.3 is 0 Å². The topological polar surface area (TPSA) is 51.5 Å². The second-order valence-electron chi connectivity index (χ2n) is 8.38. The van der Waals surface area contributed by atoms with Crippen LogP contribution in [0.25, 0.3) is 21.9 Å². The lowest BCUT2D eigenvalue weighted by Gasteiger charge is -2.40. The van der Waals surface area contributed by atoms with Gasteiger partial charge in [0.25, 0.3) is 5.91 Å². The molecule has 1 aliphatic rings. The number of hydrogen-bond donors (Lipinski definition) is 1. The minimum atomic E-state index is -0.154. The lowest BCUT2D eigenvalue weighted by Crippen LogP contribution is -2.58. The standard InChI is InChI=1S/C23H28N2O3/c1-15(25(2,3)16-9-5-6-10-16)23(26)24-19-14-21-18(13-22(19)27-4)17-11-7-8-12-20(17)28-21/h7-8,11-16H,5-6,9-10H2,1-4H3/p+1/t15-/m1/s1. The van der Waals surface area contributed by atoms with E-state index in [9.17, 15) is 4.79 Å². The van der Waals surface area contributed by atoms with Crippen LogP contribution >= 0.6 is 0 Å². The zero-order chi connectivity index (χ0) is 19.9. The van der Waals surface area contributed by atoms with Gasteiger partial charge in [-0.25, -0.2) is 0 Å². The molecule has 1 aromatic heterocycles. The molecule has 0 unspecified atom stereocenters. The van der Waals surface area contributed by atoms with E-state index in [0.717, 1.165) is 21.9 Å². The minimum Gasteiger partial charge on any atom is -0.495 e. The van der Waals surface area contributed by atoms with Crippen LogP contribution in [0.3, 0.4) is 0 Å². The summed E-state index contributed by atoms with van der Waals surface area (Å²) in [5.41, 5.74) is 2.22. The van der Waals surface area contributed by atoms with Crippen molar-refractivity contribution >= 4 is 33.5 Å². The van der Waals surface area contributed by atoms with Crippen LogP contribution in [0.15, 0.2) is 40.8 Å². The molecule has 0 aliphatic heterocycles.